The third-order valence-corrected chi connectivity index (χ3v) is 2.06. The largest absolute Gasteiger partial charge is 0.433 e. The standard InChI is InChI=1S/C9H5F3N4O2/c10-9(11,12)6-2-1-4(8(13)17)7(15-6)5-3-14-18-16-5/h1-3H,(H2,13,17). The first-order chi connectivity index (χ1) is 8.39. The van der Waals surface area contributed by atoms with Crippen LogP contribution in [0.2, 0.25) is 0 Å². The van der Waals surface area contributed by atoms with E-state index in [1.807, 2.05) is 0 Å². The fraction of sp³-hybridized carbons (Fsp3) is 0.111. The van der Waals surface area contributed by atoms with Crippen LogP contribution in [-0.4, -0.2) is 21.2 Å². The van der Waals surface area contributed by atoms with Gasteiger partial charge in [0.15, 0.2) is 5.69 Å². The second-order valence-electron chi connectivity index (χ2n) is 3.25. The molecule has 0 saturated heterocycles. The fourth-order valence-electron chi connectivity index (χ4n) is 1.28. The Morgan fingerprint density at radius 2 is 2.06 bits per heavy atom. The van der Waals surface area contributed by atoms with Crippen molar-refractivity contribution in [1.29, 1.82) is 0 Å². The van der Waals surface area contributed by atoms with Crippen LogP contribution < -0.4 is 5.73 Å². The Hall–Kier alpha value is -2.45. The van der Waals surface area contributed by atoms with Crippen molar-refractivity contribution in [3.63, 3.8) is 0 Å². The van der Waals surface area contributed by atoms with Crippen molar-refractivity contribution in [2.24, 2.45) is 5.73 Å². The monoisotopic (exact) mass is 258 g/mol. The summed E-state index contributed by atoms with van der Waals surface area (Å²) in [7, 11) is 0. The van der Waals surface area contributed by atoms with Crippen molar-refractivity contribution in [2.45, 2.75) is 6.18 Å². The summed E-state index contributed by atoms with van der Waals surface area (Å²) in [4.78, 5) is 14.4. The molecule has 0 unspecified atom stereocenters. The minimum absolute atomic E-state index is 0.102. The van der Waals surface area contributed by atoms with E-state index in [-0.39, 0.29) is 17.0 Å². The number of rotatable bonds is 2. The molecular weight excluding hydrogens is 253 g/mol. The normalized spacial score (nSPS) is 11.5. The number of alkyl halides is 3. The number of hydrogen-bond donors (Lipinski definition) is 1. The predicted octanol–water partition coefficient (Wildman–Crippen LogP) is 1.25. The molecule has 1 amide bonds. The number of hydrogen-bond acceptors (Lipinski definition) is 5. The molecule has 2 N–H and O–H groups in total. The van der Waals surface area contributed by atoms with Gasteiger partial charge in [-0.1, -0.05) is 5.16 Å². The number of amides is 1. The molecule has 0 aromatic carbocycles. The number of primary amides is 1. The molecule has 94 valence electrons. The third kappa shape index (κ3) is 2.14. The number of carbonyl (C=O) groups is 1. The van der Waals surface area contributed by atoms with E-state index in [9.17, 15) is 18.0 Å². The average molecular weight is 258 g/mol. The molecule has 0 aliphatic carbocycles. The van der Waals surface area contributed by atoms with E-state index in [1.54, 1.807) is 0 Å². The first kappa shape index (κ1) is 12.0. The van der Waals surface area contributed by atoms with Crippen LogP contribution in [0.3, 0.4) is 0 Å². The Balaban J connectivity index is 2.63. The molecule has 2 heterocycles. The quantitative estimate of drug-likeness (QED) is 0.874. The van der Waals surface area contributed by atoms with Gasteiger partial charge in [-0.3, -0.25) is 4.79 Å². The van der Waals surface area contributed by atoms with Crippen LogP contribution in [0.25, 0.3) is 11.4 Å². The predicted molar refractivity (Wildman–Crippen MR) is 51.0 cm³/mol. The van der Waals surface area contributed by atoms with Gasteiger partial charge in [0.1, 0.15) is 17.6 Å². The number of nitrogens with zero attached hydrogens (tertiary/aromatic N) is 3. The Morgan fingerprint density at radius 1 is 1.33 bits per heavy atom. The SMILES string of the molecule is NC(=O)c1ccc(C(F)(F)F)nc1-c1cnon1. The topological polar surface area (TPSA) is 94.9 Å². The molecule has 2 aromatic rings. The van der Waals surface area contributed by atoms with Crippen LogP contribution >= 0.6 is 0 Å². The molecule has 0 saturated carbocycles. The zero-order chi connectivity index (χ0) is 13.3. The molecule has 0 aliphatic rings. The van der Waals surface area contributed by atoms with Crippen molar-refractivity contribution < 1.29 is 22.6 Å². The van der Waals surface area contributed by atoms with E-state index in [2.05, 4.69) is 19.9 Å². The van der Waals surface area contributed by atoms with Crippen LogP contribution in [0.1, 0.15) is 16.1 Å². The number of aromatic nitrogens is 3. The minimum atomic E-state index is -4.64. The highest BCUT2D eigenvalue weighted by Crippen LogP contribution is 2.30. The van der Waals surface area contributed by atoms with Crippen molar-refractivity contribution in [3.05, 3.63) is 29.6 Å². The second kappa shape index (κ2) is 4.09. The summed E-state index contributed by atoms with van der Waals surface area (Å²) in [6.45, 7) is 0. The first-order valence-corrected chi connectivity index (χ1v) is 4.55. The number of halogens is 3. The van der Waals surface area contributed by atoms with Crippen molar-refractivity contribution >= 4 is 5.91 Å². The molecule has 0 bridgehead atoms. The van der Waals surface area contributed by atoms with Crippen molar-refractivity contribution in [2.75, 3.05) is 0 Å². The summed E-state index contributed by atoms with van der Waals surface area (Å²) in [6, 6.07) is 1.60. The van der Waals surface area contributed by atoms with Gasteiger partial charge in [0.25, 0.3) is 5.91 Å². The van der Waals surface area contributed by atoms with Gasteiger partial charge in [0.05, 0.1) is 5.56 Å². The van der Waals surface area contributed by atoms with Gasteiger partial charge >= 0.3 is 6.18 Å². The summed E-state index contributed by atoms with van der Waals surface area (Å²) in [5.74, 6) is -0.922. The lowest BCUT2D eigenvalue weighted by Gasteiger charge is -2.08. The zero-order valence-corrected chi connectivity index (χ0v) is 8.60. The molecule has 2 aromatic heterocycles. The highest BCUT2D eigenvalue weighted by Gasteiger charge is 2.33. The van der Waals surface area contributed by atoms with Gasteiger partial charge in [-0.25, -0.2) is 9.61 Å². The lowest BCUT2D eigenvalue weighted by atomic mass is 10.1. The van der Waals surface area contributed by atoms with Gasteiger partial charge < -0.3 is 5.73 Å². The minimum Gasteiger partial charge on any atom is -0.366 e. The smallest absolute Gasteiger partial charge is 0.366 e. The van der Waals surface area contributed by atoms with Gasteiger partial charge in [0.2, 0.25) is 0 Å². The highest BCUT2D eigenvalue weighted by atomic mass is 19.4. The van der Waals surface area contributed by atoms with Gasteiger partial charge in [-0.15, -0.1) is 0 Å². The number of carbonyl (C=O) groups excluding carboxylic acids is 1. The molecular formula is C9H5F3N4O2. The van der Waals surface area contributed by atoms with Crippen LogP contribution in [0.15, 0.2) is 23.0 Å². The van der Waals surface area contributed by atoms with Crippen molar-refractivity contribution in [3.8, 4) is 11.4 Å². The Morgan fingerprint density at radius 3 is 2.56 bits per heavy atom. The van der Waals surface area contributed by atoms with Gasteiger partial charge in [-0.05, 0) is 17.3 Å². The number of pyridine rings is 1. The average Bonchev–Trinajstić information content (AvgIpc) is 2.80. The molecule has 6 nitrogen and oxygen atoms in total. The summed E-state index contributed by atoms with van der Waals surface area (Å²) in [5.41, 5.74) is 3.26. The van der Waals surface area contributed by atoms with E-state index in [4.69, 9.17) is 5.73 Å². The number of nitrogens with two attached hydrogens (primary N) is 1. The third-order valence-electron chi connectivity index (χ3n) is 2.06. The second-order valence-corrected chi connectivity index (χ2v) is 3.25. The summed E-state index contributed by atoms with van der Waals surface area (Å²) >= 11 is 0. The van der Waals surface area contributed by atoms with E-state index in [0.29, 0.717) is 6.07 Å². The molecule has 0 aliphatic heterocycles. The van der Waals surface area contributed by atoms with E-state index < -0.39 is 17.8 Å². The first-order valence-electron chi connectivity index (χ1n) is 4.55. The molecule has 18 heavy (non-hydrogen) atoms. The zero-order valence-electron chi connectivity index (χ0n) is 8.60. The van der Waals surface area contributed by atoms with E-state index >= 15 is 0 Å². The van der Waals surface area contributed by atoms with Gasteiger partial charge in [0, 0.05) is 0 Å². The lowest BCUT2D eigenvalue weighted by molar-refractivity contribution is -0.141. The van der Waals surface area contributed by atoms with Crippen molar-refractivity contribution in [1.82, 2.24) is 15.3 Å². The van der Waals surface area contributed by atoms with Crippen LogP contribution in [0.4, 0.5) is 13.2 Å². The molecule has 0 spiro atoms. The van der Waals surface area contributed by atoms with Gasteiger partial charge in [-0.2, -0.15) is 13.2 Å². The Kier molecular flexibility index (Phi) is 2.73. The van der Waals surface area contributed by atoms with Crippen LogP contribution in [0.5, 0.6) is 0 Å². The van der Waals surface area contributed by atoms with Crippen LogP contribution in [-0.2, 0) is 6.18 Å². The van der Waals surface area contributed by atoms with Crippen LogP contribution in [0, 0.1) is 0 Å². The molecule has 0 fully saturated rings. The summed E-state index contributed by atoms with van der Waals surface area (Å²) in [5, 5.41) is 6.56. The maximum Gasteiger partial charge on any atom is 0.433 e. The maximum atomic E-state index is 12.5. The molecule has 0 radical (unpaired) electrons. The maximum absolute atomic E-state index is 12.5. The highest BCUT2D eigenvalue weighted by molar-refractivity contribution is 5.98. The Labute approximate surface area is 97.6 Å². The molecule has 0 atom stereocenters. The fourth-order valence-corrected chi connectivity index (χ4v) is 1.28. The summed E-state index contributed by atoms with van der Waals surface area (Å²) < 4.78 is 41.8. The van der Waals surface area contributed by atoms with E-state index in [1.165, 1.54) is 0 Å². The Bertz CT molecular complexity index is 580. The molecule has 2 rings (SSSR count). The van der Waals surface area contributed by atoms with E-state index in [0.717, 1.165) is 12.3 Å². The summed E-state index contributed by atoms with van der Waals surface area (Å²) in [6.07, 6.45) is -3.60. The molecule has 9 heteroatoms. The lowest BCUT2D eigenvalue weighted by Crippen LogP contribution is -2.16.